The molecule has 1 unspecified atom stereocenters. The molecule has 0 nitrogen and oxygen atoms in total. The van der Waals surface area contributed by atoms with E-state index in [1.165, 1.54) is 23.1 Å². The second-order valence-corrected chi connectivity index (χ2v) is 6.13. The molecule has 2 aromatic carbocycles. The van der Waals surface area contributed by atoms with Crippen molar-refractivity contribution in [2.75, 3.05) is 0 Å². The van der Waals surface area contributed by atoms with Crippen LogP contribution in [0.25, 0.3) is 0 Å². The second kappa shape index (κ2) is 6.58. The Bertz CT molecular complexity index is 546. The van der Waals surface area contributed by atoms with Gasteiger partial charge in [-0.15, -0.1) is 0 Å². The lowest BCUT2D eigenvalue weighted by atomic mass is 9.99. The van der Waals surface area contributed by atoms with E-state index < -0.39 is 0 Å². The summed E-state index contributed by atoms with van der Waals surface area (Å²) in [7, 11) is 0. The predicted octanol–water partition coefficient (Wildman–Crippen LogP) is 6.09. The fraction of sp³-hybridized carbons (Fsp3) is 0.294. The van der Waals surface area contributed by atoms with Crippen LogP contribution in [-0.4, -0.2) is 0 Å². The minimum atomic E-state index is 0.196. The molecule has 1 atom stereocenters. The van der Waals surface area contributed by atoms with Crippen LogP contribution in [0.3, 0.4) is 0 Å². The third kappa shape index (κ3) is 3.40. The van der Waals surface area contributed by atoms with Crippen molar-refractivity contribution in [2.45, 2.75) is 31.5 Å². The summed E-state index contributed by atoms with van der Waals surface area (Å²) < 4.78 is 0. The van der Waals surface area contributed by atoms with E-state index in [1.807, 2.05) is 12.1 Å². The van der Waals surface area contributed by atoms with E-state index in [2.05, 4.69) is 60.1 Å². The molecule has 0 fully saturated rings. The molecule has 0 aliphatic heterocycles. The molecule has 2 rings (SSSR count). The number of benzene rings is 2. The van der Waals surface area contributed by atoms with Crippen molar-refractivity contribution in [1.29, 1.82) is 0 Å². The SMILES string of the molecule is CCCc1ccc(C(Br)c2cccc(Cl)c2C)cc1. The molecule has 0 saturated heterocycles. The van der Waals surface area contributed by atoms with E-state index in [0.29, 0.717) is 0 Å². The van der Waals surface area contributed by atoms with Crippen LogP contribution in [0.1, 0.15) is 40.4 Å². The maximum atomic E-state index is 6.19. The highest BCUT2D eigenvalue weighted by Gasteiger charge is 2.13. The average molecular weight is 338 g/mol. The van der Waals surface area contributed by atoms with Crippen LogP contribution in [0.2, 0.25) is 5.02 Å². The highest BCUT2D eigenvalue weighted by molar-refractivity contribution is 9.09. The predicted molar refractivity (Wildman–Crippen MR) is 87.4 cm³/mol. The maximum Gasteiger partial charge on any atom is 0.0647 e. The van der Waals surface area contributed by atoms with Gasteiger partial charge in [0.2, 0.25) is 0 Å². The molecule has 0 heterocycles. The van der Waals surface area contributed by atoms with Crippen LogP contribution in [-0.2, 0) is 6.42 Å². The molecule has 0 aromatic heterocycles. The third-order valence-electron chi connectivity index (χ3n) is 3.39. The summed E-state index contributed by atoms with van der Waals surface area (Å²) in [4.78, 5) is 0.196. The van der Waals surface area contributed by atoms with Gasteiger partial charge in [-0.3, -0.25) is 0 Å². The molecule has 0 aliphatic rings. The molecular weight excluding hydrogens is 320 g/mol. The number of rotatable bonds is 4. The van der Waals surface area contributed by atoms with Gasteiger partial charge in [0.05, 0.1) is 4.83 Å². The van der Waals surface area contributed by atoms with Gasteiger partial charge in [0, 0.05) is 5.02 Å². The highest BCUT2D eigenvalue weighted by atomic mass is 79.9. The first-order chi connectivity index (χ1) is 9.13. The summed E-state index contributed by atoms with van der Waals surface area (Å²) in [6.07, 6.45) is 2.33. The van der Waals surface area contributed by atoms with Crippen molar-refractivity contribution in [3.05, 3.63) is 69.7 Å². The van der Waals surface area contributed by atoms with E-state index in [0.717, 1.165) is 17.0 Å². The lowest BCUT2D eigenvalue weighted by Gasteiger charge is -2.15. The van der Waals surface area contributed by atoms with Gasteiger partial charge in [0.1, 0.15) is 0 Å². The topological polar surface area (TPSA) is 0 Å². The summed E-state index contributed by atoms with van der Waals surface area (Å²) in [6.45, 7) is 4.27. The van der Waals surface area contributed by atoms with Crippen molar-refractivity contribution in [1.82, 2.24) is 0 Å². The molecule has 2 aromatic rings. The molecule has 19 heavy (non-hydrogen) atoms. The Balaban J connectivity index is 2.28. The molecule has 0 N–H and O–H groups in total. The minimum Gasteiger partial charge on any atom is -0.0840 e. The zero-order valence-electron chi connectivity index (χ0n) is 11.3. The number of alkyl halides is 1. The van der Waals surface area contributed by atoms with Crippen LogP contribution in [0.15, 0.2) is 42.5 Å². The monoisotopic (exact) mass is 336 g/mol. The Labute approximate surface area is 128 Å². The van der Waals surface area contributed by atoms with Gasteiger partial charge in [-0.25, -0.2) is 0 Å². The summed E-state index contributed by atoms with van der Waals surface area (Å²) in [5.74, 6) is 0. The van der Waals surface area contributed by atoms with Crippen molar-refractivity contribution >= 4 is 27.5 Å². The smallest absolute Gasteiger partial charge is 0.0647 e. The first-order valence-electron chi connectivity index (χ1n) is 6.61. The molecule has 0 radical (unpaired) electrons. The molecule has 0 spiro atoms. The Morgan fingerprint density at radius 3 is 2.42 bits per heavy atom. The zero-order valence-corrected chi connectivity index (χ0v) is 13.6. The van der Waals surface area contributed by atoms with Gasteiger partial charge >= 0.3 is 0 Å². The lowest BCUT2D eigenvalue weighted by molar-refractivity contribution is 0.920. The van der Waals surface area contributed by atoms with Crippen LogP contribution < -0.4 is 0 Å². The van der Waals surface area contributed by atoms with Gasteiger partial charge in [0.15, 0.2) is 0 Å². The van der Waals surface area contributed by atoms with Crippen LogP contribution in [0.4, 0.5) is 0 Å². The molecule has 0 saturated carbocycles. The maximum absolute atomic E-state index is 6.19. The van der Waals surface area contributed by atoms with Gasteiger partial charge in [-0.2, -0.15) is 0 Å². The summed E-state index contributed by atoms with van der Waals surface area (Å²) in [6, 6.07) is 14.9. The van der Waals surface area contributed by atoms with Crippen molar-refractivity contribution in [3.8, 4) is 0 Å². The Morgan fingerprint density at radius 2 is 1.79 bits per heavy atom. The summed E-state index contributed by atoms with van der Waals surface area (Å²) in [5.41, 5.74) is 5.04. The Morgan fingerprint density at radius 1 is 1.11 bits per heavy atom. The van der Waals surface area contributed by atoms with Gasteiger partial charge in [0.25, 0.3) is 0 Å². The quantitative estimate of drug-likeness (QED) is 0.593. The number of aryl methyl sites for hydroxylation is 1. The van der Waals surface area contributed by atoms with Gasteiger partial charge in [-0.1, -0.05) is 77.3 Å². The molecule has 2 heteroatoms. The summed E-state index contributed by atoms with van der Waals surface area (Å²) >= 11 is 9.97. The minimum absolute atomic E-state index is 0.196. The van der Waals surface area contributed by atoms with Crippen LogP contribution in [0.5, 0.6) is 0 Å². The molecular formula is C17H18BrCl. The van der Waals surface area contributed by atoms with E-state index in [-0.39, 0.29) is 4.83 Å². The van der Waals surface area contributed by atoms with Gasteiger partial charge < -0.3 is 0 Å². The fourth-order valence-corrected chi connectivity index (χ4v) is 3.20. The van der Waals surface area contributed by atoms with Gasteiger partial charge in [-0.05, 0) is 41.7 Å². The van der Waals surface area contributed by atoms with Crippen LogP contribution in [0, 0.1) is 6.92 Å². The van der Waals surface area contributed by atoms with Crippen molar-refractivity contribution < 1.29 is 0 Å². The van der Waals surface area contributed by atoms with Crippen molar-refractivity contribution in [2.24, 2.45) is 0 Å². The van der Waals surface area contributed by atoms with Crippen molar-refractivity contribution in [3.63, 3.8) is 0 Å². The molecule has 0 amide bonds. The fourth-order valence-electron chi connectivity index (χ4n) is 2.22. The van der Waals surface area contributed by atoms with E-state index >= 15 is 0 Å². The molecule has 0 aliphatic carbocycles. The molecule has 100 valence electrons. The summed E-state index contributed by atoms with van der Waals surface area (Å²) in [5, 5.41) is 0.824. The third-order valence-corrected chi connectivity index (χ3v) is 4.83. The lowest BCUT2D eigenvalue weighted by Crippen LogP contribution is -1.96. The largest absolute Gasteiger partial charge is 0.0840 e. The number of hydrogen-bond donors (Lipinski definition) is 0. The second-order valence-electron chi connectivity index (χ2n) is 4.81. The Hall–Kier alpha value is -0.790. The number of halogens is 2. The van der Waals surface area contributed by atoms with E-state index in [9.17, 15) is 0 Å². The molecule has 0 bridgehead atoms. The number of hydrogen-bond acceptors (Lipinski definition) is 0. The Kier molecular flexibility index (Phi) is 5.06. The van der Waals surface area contributed by atoms with E-state index in [1.54, 1.807) is 0 Å². The van der Waals surface area contributed by atoms with Crippen LogP contribution >= 0.6 is 27.5 Å². The standard InChI is InChI=1S/C17H18BrCl/c1-3-5-13-8-10-14(11-9-13)17(18)15-6-4-7-16(19)12(15)2/h4,6-11,17H,3,5H2,1-2H3. The average Bonchev–Trinajstić information content (AvgIpc) is 2.42. The zero-order chi connectivity index (χ0) is 13.8. The first-order valence-corrected chi connectivity index (χ1v) is 7.90. The first kappa shape index (κ1) is 14.6. The van der Waals surface area contributed by atoms with E-state index in [4.69, 9.17) is 11.6 Å². The highest BCUT2D eigenvalue weighted by Crippen LogP contribution is 2.35. The normalized spacial score (nSPS) is 12.4.